The van der Waals surface area contributed by atoms with Gasteiger partial charge in [-0.3, -0.25) is 19.3 Å². The van der Waals surface area contributed by atoms with Gasteiger partial charge in [0.25, 0.3) is 11.8 Å². The monoisotopic (exact) mass is 386 g/mol. The van der Waals surface area contributed by atoms with Gasteiger partial charge in [-0.2, -0.15) is 5.10 Å². The Kier molecular flexibility index (Phi) is 4.74. The molecule has 1 aromatic carbocycles. The fourth-order valence-corrected chi connectivity index (χ4v) is 3.07. The molecule has 4 rings (SSSR count). The van der Waals surface area contributed by atoms with Crippen molar-refractivity contribution in [3.63, 3.8) is 0 Å². The maximum atomic E-state index is 13.0. The molecule has 3 heterocycles. The van der Waals surface area contributed by atoms with Gasteiger partial charge >= 0.3 is 0 Å². The Hall–Kier alpha value is -4.07. The first-order chi connectivity index (χ1) is 14.0. The van der Waals surface area contributed by atoms with Crippen molar-refractivity contribution in [2.24, 2.45) is 5.73 Å². The number of hydrogen-bond acceptors (Lipinski definition) is 5. The molecule has 0 unspecified atom stereocenters. The lowest BCUT2D eigenvalue weighted by atomic mass is 10.1. The number of para-hydroxylation sites is 1. The minimum atomic E-state index is -0.689. The second-order valence-electron chi connectivity index (χ2n) is 6.55. The van der Waals surface area contributed by atoms with Gasteiger partial charge in [0.05, 0.1) is 35.2 Å². The first-order valence-electron chi connectivity index (χ1n) is 8.95. The average Bonchev–Trinajstić information content (AvgIpc) is 3.07. The van der Waals surface area contributed by atoms with Gasteiger partial charge < -0.3 is 11.1 Å². The van der Waals surface area contributed by atoms with Crippen molar-refractivity contribution in [1.29, 1.82) is 0 Å². The number of carbonyl (C=O) groups excluding carboxylic acids is 2. The van der Waals surface area contributed by atoms with Crippen molar-refractivity contribution in [2.75, 3.05) is 5.32 Å². The van der Waals surface area contributed by atoms with E-state index < -0.39 is 5.91 Å². The molecule has 4 aromatic rings. The van der Waals surface area contributed by atoms with Gasteiger partial charge in [0.2, 0.25) is 0 Å². The van der Waals surface area contributed by atoms with Crippen molar-refractivity contribution in [3.05, 3.63) is 83.6 Å². The number of fused-ring (bicyclic) bond motifs is 1. The Morgan fingerprint density at radius 3 is 2.66 bits per heavy atom. The summed E-state index contributed by atoms with van der Waals surface area (Å²) in [7, 11) is 0. The Balaban J connectivity index is 1.64. The normalized spacial score (nSPS) is 10.8. The number of hydrogen-bond donors (Lipinski definition) is 2. The number of nitrogens with two attached hydrogens (primary N) is 1. The average molecular weight is 386 g/mol. The van der Waals surface area contributed by atoms with E-state index in [9.17, 15) is 9.59 Å². The van der Waals surface area contributed by atoms with Gasteiger partial charge in [-0.25, -0.2) is 4.98 Å². The van der Waals surface area contributed by atoms with Crippen molar-refractivity contribution in [1.82, 2.24) is 19.7 Å². The number of benzene rings is 1. The summed E-state index contributed by atoms with van der Waals surface area (Å²) in [4.78, 5) is 32.8. The number of pyridine rings is 2. The molecule has 0 aliphatic rings. The van der Waals surface area contributed by atoms with E-state index in [-0.39, 0.29) is 11.6 Å². The van der Waals surface area contributed by atoms with Crippen LogP contribution in [0.5, 0.6) is 0 Å². The molecule has 8 nitrogen and oxygen atoms in total. The number of primary amides is 1. The van der Waals surface area contributed by atoms with Crippen LogP contribution in [0.25, 0.3) is 10.9 Å². The van der Waals surface area contributed by atoms with Crippen LogP contribution in [0.1, 0.15) is 32.1 Å². The fraction of sp³-hybridized carbons (Fsp3) is 0.0952. The smallest absolute Gasteiger partial charge is 0.267 e. The van der Waals surface area contributed by atoms with Crippen LogP contribution in [0.4, 0.5) is 5.69 Å². The topological polar surface area (TPSA) is 116 Å². The number of amides is 2. The van der Waals surface area contributed by atoms with E-state index in [4.69, 9.17) is 5.73 Å². The summed E-state index contributed by atoms with van der Waals surface area (Å²) in [6, 6.07) is 12.3. The molecule has 8 heteroatoms. The molecule has 144 valence electrons. The number of aromatic nitrogens is 4. The third-order valence-electron chi connectivity index (χ3n) is 4.65. The van der Waals surface area contributed by atoms with E-state index in [2.05, 4.69) is 20.4 Å². The molecule has 3 N–H and O–H groups in total. The number of carbonyl (C=O) groups is 2. The van der Waals surface area contributed by atoms with Gasteiger partial charge in [0.15, 0.2) is 0 Å². The Morgan fingerprint density at radius 2 is 1.90 bits per heavy atom. The quantitative estimate of drug-likeness (QED) is 0.547. The Labute approximate surface area is 166 Å². The van der Waals surface area contributed by atoms with E-state index in [0.29, 0.717) is 28.7 Å². The molecule has 0 aliphatic heterocycles. The molecule has 0 aliphatic carbocycles. The summed E-state index contributed by atoms with van der Waals surface area (Å²) >= 11 is 0. The third-order valence-corrected chi connectivity index (χ3v) is 4.65. The van der Waals surface area contributed by atoms with Crippen LogP contribution in [0, 0.1) is 6.92 Å². The van der Waals surface area contributed by atoms with Gasteiger partial charge in [-0.1, -0.05) is 18.2 Å². The zero-order valence-corrected chi connectivity index (χ0v) is 15.7. The summed E-state index contributed by atoms with van der Waals surface area (Å²) in [5.41, 5.74) is 8.72. The van der Waals surface area contributed by atoms with Crippen molar-refractivity contribution < 1.29 is 9.59 Å². The van der Waals surface area contributed by atoms with Crippen LogP contribution in [-0.4, -0.2) is 31.6 Å². The lowest BCUT2D eigenvalue weighted by Crippen LogP contribution is -2.18. The molecule has 2 amide bonds. The number of rotatable bonds is 5. The maximum Gasteiger partial charge on any atom is 0.267 e. The highest BCUT2D eigenvalue weighted by Crippen LogP contribution is 2.21. The summed E-state index contributed by atoms with van der Waals surface area (Å²) in [6.45, 7) is 2.44. The molecule has 0 saturated carbocycles. The van der Waals surface area contributed by atoms with Crippen molar-refractivity contribution in [3.8, 4) is 0 Å². The Bertz CT molecular complexity index is 1220. The van der Waals surface area contributed by atoms with Crippen molar-refractivity contribution in [2.45, 2.75) is 13.5 Å². The van der Waals surface area contributed by atoms with Crippen molar-refractivity contribution >= 4 is 28.4 Å². The summed E-state index contributed by atoms with van der Waals surface area (Å²) in [6.07, 6.45) is 5.05. The highest BCUT2D eigenvalue weighted by Gasteiger charge is 2.17. The molecular weight excluding hydrogens is 368 g/mol. The molecule has 0 fully saturated rings. The molecule has 0 spiro atoms. The summed E-state index contributed by atoms with van der Waals surface area (Å²) < 4.78 is 1.80. The molecule has 29 heavy (non-hydrogen) atoms. The van der Waals surface area contributed by atoms with Gasteiger partial charge in [-0.05, 0) is 36.8 Å². The maximum absolute atomic E-state index is 13.0. The van der Waals surface area contributed by atoms with E-state index in [1.165, 1.54) is 6.07 Å². The van der Waals surface area contributed by atoms with Crippen LogP contribution >= 0.6 is 0 Å². The second-order valence-corrected chi connectivity index (χ2v) is 6.55. The second kappa shape index (κ2) is 7.51. The predicted molar refractivity (Wildman–Crippen MR) is 109 cm³/mol. The zero-order valence-electron chi connectivity index (χ0n) is 15.7. The standard InChI is InChI=1S/C21H18N6O2/c1-13-19(11-24-27(13)12-14-6-8-23-9-7-14)26-21(29)16-10-18(20(22)28)25-17-5-3-2-4-15(16)17/h2-11H,12H2,1H3,(H2,22,28)(H,26,29). The highest BCUT2D eigenvalue weighted by atomic mass is 16.2. The molecular formula is C21H18N6O2. The predicted octanol–water partition coefficient (Wildman–Crippen LogP) is 2.53. The first kappa shape index (κ1) is 18.3. The van der Waals surface area contributed by atoms with E-state index in [0.717, 1.165) is 11.3 Å². The largest absolute Gasteiger partial charge is 0.364 e. The molecule has 0 bridgehead atoms. The minimum absolute atomic E-state index is 0.0407. The number of nitrogens with one attached hydrogen (secondary N) is 1. The molecule has 0 saturated heterocycles. The van der Waals surface area contributed by atoms with Crippen LogP contribution < -0.4 is 11.1 Å². The lowest BCUT2D eigenvalue weighted by molar-refractivity contribution is 0.0996. The van der Waals surface area contributed by atoms with Crippen LogP contribution in [0.2, 0.25) is 0 Å². The summed E-state index contributed by atoms with van der Waals surface area (Å²) in [5.74, 6) is -1.05. The summed E-state index contributed by atoms with van der Waals surface area (Å²) in [5, 5.41) is 7.87. The lowest BCUT2D eigenvalue weighted by Gasteiger charge is -2.10. The zero-order chi connectivity index (χ0) is 20.4. The van der Waals surface area contributed by atoms with Gasteiger partial charge in [-0.15, -0.1) is 0 Å². The van der Waals surface area contributed by atoms with E-state index in [1.807, 2.05) is 25.1 Å². The highest BCUT2D eigenvalue weighted by molar-refractivity contribution is 6.13. The fourth-order valence-electron chi connectivity index (χ4n) is 3.07. The SMILES string of the molecule is Cc1c(NC(=O)c2cc(C(N)=O)nc3ccccc23)cnn1Cc1ccncc1. The van der Waals surface area contributed by atoms with Crippen LogP contribution in [0.3, 0.4) is 0 Å². The van der Waals surface area contributed by atoms with Crippen LogP contribution in [0.15, 0.2) is 61.1 Å². The Morgan fingerprint density at radius 1 is 1.14 bits per heavy atom. The van der Waals surface area contributed by atoms with Gasteiger partial charge in [0, 0.05) is 17.8 Å². The third kappa shape index (κ3) is 3.68. The van der Waals surface area contributed by atoms with Gasteiger partial charge in [0.1, 0.15) is 5.69 Å². The van der Waals surface area contributed by atoms with E-state index >= 15 is 0 Å². The number of anilines is 1. The van der Waals surface area contributed by atoms with E-state index in [1.54, 1.807) is 41.5 Å². The first-order valence-corrected chi connectivity index (χ1v) is 8.95. The number of nitrogens with zero attached hydrogens (tertiary/aromatic N) is 4. The molecule has 3 aromatic heterocycles. The van der Waals surface area contributed by atoms with Crippen LogP contribution in [-0.2, 0) is 6.54 Å². The minimum Gasteiger partial charge on any atom is -0.364 e. The molecule has 0 radical (unpaired) electrons. The molecule has 0 atom stereocenters.